The number of fused-ring (bicyclic) bond motifs is 2. The summed E-state index contributed by atoms with van der Waals surface area (Å²) < 4.78 is 6.36. The number of ether oxygens (including phenoxy) is 1. The molecule has 3 heterocycles. The third-order valence-electron chi connectivity index (χ3n) is 6.48. The number of hydrogen-bond donors (Lipinski definition) is 0. The van der Waals surface area contributed by atoms with Crippen LogP contribution in [-0.4, -0.2) is 50.1 Å². The molecule has 3 aliphatic rings. The van der Waals surface area contributed by atoms with E-state index in [-0.39, 0.29) is 22.9 Å². The van der Waals surface area contributed by atoms with Gasteiger partial charge in [-0.2, -0.15) is 0 Å². The Hall–Kier alpha value is -3.59. The Morgan fingerprint density at radius 1 is 1.03 bits per heavy atom. The van der Waals surface area contributed by atoms with Gasteiger partial charge in [0.25, 0.3) is 23.4 Å². The number of nitro benzene ring substituents is 1. The second kappa shape index (κ2) is 6.46. The lowest BCUT2D eigenvalue weighted by molar-refractivity contribution is -0.385. The van der Waals surface area contributed by atoms with Crippen LogP contribution in [0.15, 0.2) is 48.5 Å². The molecule has 0 saturated carbocycles. The van der Waals surface area contributed by atoms with Gasteiger partial charge in [0.05, 0.1) is 22.2 Å². The molecular weight excluding hydrogens is 414 g/mol. The average molecular weight is 435 g/mol. The van der Waals surface area contributed by atoms with Crippen LogP contribution in [0.1, 0.15) is 53.5 Å². The summed E-state index contributed by atoms with van der Waals surface area (Å²) in [6, 6.07) is 11.0. The summed E-state index contributed by atoms with van der Waals surface area (Å²) in [7, 11) is 0. The van der Waals surface area contributed by atoms with Gasteiger partial charge in [-0.05, 0) is 39.3 Å². The first kappa shape index (κ1) is 20.3. The lowest BCUT2D eigenvalue weighted by Crippen LogP contribution is -2.84. The Balaban J connectivity index is 1.71. The molecule has 0 aromatic heterocycles. The number of imide groups is 1. The standard InChI is InChI=1S/C23H21N3O6/c1-13-12-22(2,3)25-21(29)18(24-19(27)16-9-4-5-10-17(16)20(24)28)23(25,32-13)14-7-6-8-15(11-14)26(30)31/h4-11,13,18H,12H2,1-3H3. The minimum atomic E-state index is -1.52. The molecular formula is C23H21N3O6. The minimum absolute atomic E-state index is 0.170. The van der Waals surface area contributed by atoms with E-state index >= 15 is 0 Å². The van der Waals surface area contributed by atoms with Crippen LogP contribution in [0.2, 0.25) is 0 Å². The zero-order valence-electron chi connectivity index (χ0n) is 17.8. The number of rotatable bonds is 3. The quantitative estimate of drug-likeness (QED) is 0.317. The number of amides is 3. The number of β-lactam (4-membered cyclic amide) rings is 1. The van der Waals surface area contributed by atoms with Crippen LogP contribution in [0.3, 0.4) is 0 Å². The first-order valence-electron chi connectivity index (χ1n) is 10.3. The Morgan fingerprint density at radius 2 is 1.66 bits per heavy atom. The van der Waals surface area contributed by atoms with Gasteiger partial charge in [-0.25, -0.2) is 0 Å². The van der Waals surface area contributed by atoms with E-state index in [4.69, 9.17) is 4.74 Å². The van der Waals surface area contributed by atoms with Gasteiger partial charge in [0.1, 0.15) is 0 Å². The maximum atomic E-state index is 13.5. The summed E-state index contributed by atoms with van der Waals surface area (Å²) in [6.07, 6.45) is 0.204. The van der Waals surface area contributed by atoms with Crippen molar-refractivity contribution >= 4 is 23.4 Å². The van der Waals surface area contributed by atoms with Crippen molar-refractivity contribution in [1.82, 2.24) is 9.80 Å². The van der Waals surface area contributed by atoms with E-state index < -0.39 is 40.0 Å². The van der Waals surface area contributed by atoms with Crippen LogP contribution < -0.4 is 0 Å². The smallest absolute Gasteiger partial charge is 0.269 e. The van der Waals surface area contributed by atoms with Gasteiger partial charge in [0, 0.05) is 23.2 Å². The molecule has 164 valence electrons. The molecule has 0 bridgehead atoms. The first-order valence-corrected chi connectivity index (χ1v) is 10.3. The molecule has 0 aliphatic carbocycles. The fourth-order valence-corrected chi connectivity index (χ4v) is 5.44. The average Bonchev–Trinajstić information content (AvgIpc) is 2.97. The van der Waals surface area contributed by atoms with E-state index in [2.05, 4.69) is 0 Å². The Morgan fingerprint density at radius 3 is 2.25 bits per heavy atom. The highest BCUT2D eigenvalue weighted by atomic mass is 16.6. The van der Waals surface area contributed by atoms with Gasteiger partial charge in [-0.3, -0.25) is 29.4 Å². The number of non-ortho nitro benzene ring substituents is 1. The Bertz CT molecular complexity index is 1170. The summed E-state index contributed by atoms with van der Waals surface area (Å²) >= 11 is 0. The predicted octanol–water partition coefficient (Wildman–Crippen LogP) is 2.84. The molecule has 0 radical (unpaired) electrons. The fraction of sp³-hybridized carbons (Fsp3) is 0.348. The highest BCUT2D eigenvalue weighted by Gasteiger charge is 2.73. The second-order valence-electron chi connectivity index (χ2n) is 9.05. The van der Waals surface area contributed by atoms with Crippen molar-refractivity contribution < 1.29 is 24.0 Å². The third-order valence-corrected chi connectivity index (χ3v) is 6.48. The van der Waals surface area contributed by atoms with E-state index in [1.165, 1.54) is 23.1 Å². The van der Waals surface area contributed by atoms with E-state index in [0.717, 1.165) is 4.90 Å². The minimum Gasteiger partial charge on any atom is -0.345 e. The molecule has 2 fully saturated rings. The summed E-state index contributed by atoms with van der Waals surface area (Å²) in [6.45, 7) is 5.61. The monoisotopic (exact) mass is 435 g/mol. The topological polar surface area (TPSA) is 110 Å². The van der Waals surface area contributed by atoms with Crippen LogP contribution in [0.25, 0.3) is 0 Å². The molecule has 3 atom stereocenters. The van der Waals surface area contributed by atoms with E-state index in [1.54, 1.807) is 30.3 Å². The summed E-state index contributed by atoms with van der Waals surface area (Å²) in [4.78, 5) is 53.4. The number of carbonyl (C=O) groups is 3. The molecule has 9 heteroatoms. The molecule has 5 rings (SSSR count). The lowest BCUT2D eigenvalue weighted by atomic mass is 9.74. The van der Waals surface area contributed by atoms with E-state index in [9.17, 15) is 24.5 Å². The third kappa shape index (κ3) is 2.45. The van der Waals surface area contributed by atoms with E-state index in [0.29, 0.717) is 12.0 Å². The zero-order valence-corrected chi connectivity index (χ0v) is 17.8. The summed E-state index contributed by atoms with van der Waals surface area (Å²) in [5, 5.41) is 11.5. The Kier molecular flexibility index (Phi) is 4.10. The van der Waals surface area contributed by atoms with E-state index in [1.807, 2.05) is 20.8 Å². The second-order valence-corrected chi connectivity index (χ2v) is 9.05. The van der Waals surface area contributed by atoms with Crippen molar-refractivity contribution in [1.29, 1.82) is 0 Å². The zero-order chi connectivity index (χ0) is 23.0. The van der Waals surface area contributed by atoms with Gasteiger partial charge >= 0.3 is 0 Å². The largest absolute Gasteiger partial charge is 0.345 e. The predicted molar refractivity (Wildman–Crippen MR) is 112 cm³/mol. The van der Waals surface area contributed by atoms with Gasteiger partial charge in [0.2, 0.25) is 5.72 Å². The highest BCUT2D eigenvalue weighted by Crippen LogP contribution is 2.55. The molecule has 2 aromatic carbocycles. The SMILES string of the molecule is CC1CC(C)(C)N2C(=O)C(N3C(=O)c4ccccc4C3=O)C2(c2cccc([N+](=O)[O-])c2)O1. The van der Waals surface area contributed by atoms with Crippen molar-refractivity contribution in [2.24, 2.45) is 0 Å². The summed E-state index contributed by atoms with van der Waals surface area (Å²) in [5.74, 6) is -1.58. The molecule has 2 saturated heterocycles. The number of nitro groups is 1. The molecule has 0 spiro atoms. The van der Waals surface area contributed by atoms with Crippen LogP contribution in [-0.2, 0) is 15.3 Å². The van der Waals surface area contributed by atoms with Gasteiger partial charge in [-0.1, -0.05) is 24.3 Å². The number of benzene rings is 2. The molecule has 3 unspecified atom stereocenters. The molecule has 3 amide bonds. The van der Waals surface area contributed by atoms with Crippen molar-refractivity contribution in [3.8, 4) is 0 Å². The highest BCUT2D eigenvalue weighted by molar-refractivity contribution is 6.23. The maximum Gasteiger partial charge on any atom is 0.269 e. The van der Waals surface area contributed by atoms with Crippen molar-refractivity contribution in [2.45, 2.75) is 50.6 Å². The molecule has 3 aliphatic heterocycles. The van der Waals surface area contributed by atoms with Gasteiger partial charge < -0.3 is 9.64 Å². The normalized spacial score (nSPS) is 28.3. The lowest BCUT2D eigenvalue weighted by Gasteiger charge is -2.67. The maximum absolute atomic E-state index is 13.5. The first-order chi connectivity index (χ1) is 15.1. The number of carbonyl (C=O) groups excluding carboxylic acids is 3. The van der Waals surface area contributed by atoms with Gasteiger partial charge in [-0.15, -0.1) is 0 Å². The van der Waals surface area contributed by atoms with Crippen LogP contribution >= 0.6 is 0 Å². The van der Waals surface area contributed by atoms with Crippen molar-refractivity contribution in [3.05, 3.63) is 75.3 Å². The summed E-state index contributed by atoms with van der Waals surface area (Å²) in [5.41, 5.74) is -1.54. The fourth-order valence-electron chi connectivity index (χ4n) is 5.44. The number of hydrogen-bond acceptors (Lipinski definition) is 6. The molecule has 2 aromatic rings. The van der Waals surface area contributed by atoms with Crippen LogP contribution in [0.5, 0.6) is 0 Å². The molecule has 9 nitrogen and oxygen atoms in total. The van der Waals surface area contributed by atoms with Gasteiger partial charge in [0.15, 0.2) is 6.04 Å². The molecule has 0 N–H and O–H groups in total. The van der Waals surface area contributed by atoms with Crippen LogP contribution in [0.4, 0.5) is 5.69 Å². The van der Waals surface area contributed by atoms with Crippen LogP contribution in [0, 0.1) is 10.1 Å². The van der Waals surface area contributed by atoms with Crippen molar-refractivity contribution in [3.63, 3.8) is 0 Å². The number of nitrogens with zero attached hydrogens (tertiary/aromatic N) is 3. The Labute approximate surface area is 183 Å². The van der Waals surface area contributed by atoms with Crippen molar-refractivity contribution in [2.75, 3.05) is 0 Å². The molecule has 32 heavy (non-hydrogen) atoms.